The van der Waals surface area contributed by atoms with Gasteiger partial charge in [0.1, 0.15) is 16.9 Å². The minimum Gasteiger partial charge on any atom is -0.355 e. The molecule has 136 valence electrons. The van der Waals surface area contributed by atoms with E-state index in [9.17, 15) is 18.8 Å². The predicted molar refractivity (Wildman–Crippen MR) is 99.1 cm³/mol. The number of hydrogen-bond acceptors (Lipinski definition) is 4. The molecule has 0 saturated heterocycles. The first kappa shape index (κ1) is 17.9. The van der Waals surface area contributed by atoms with Crippen LogP contribution in [0.4, 0.5) is 15.8 Å². The molecule has 9 heteroatoms. The first-order valence-corrected chi connectivity index (χ1v) is 8.19. The Bertz CT molecular complexity index is 1210. The molecule has 0 aliphatic rings. The van der Waals surface area contributed by atoms with E-state index in [2.05, 4.69) is 5.32 Å². The van der Waals surface area contributed by atoms with Crippen molar-refractivity contribution in [2.24, 2.45) is 14.1 Å². The Morgan fingerprint density at radius 1 is 1.12 bits per heavy atom. The van der Waals surface area contributed by atoms with Crippen molar-refractivity contribution in [2.75, 3.05) is 5.32 Å². The number of aromatic nitrogens is 3. The molecule has 7 nitrogen and oxygen atoms in total. The lowest BCUT2D eigenvalue weighted by Crippen LogP contribution is -2.40. The lowest BCUT2D eigenvalue weighted by molar-refractivity contribution is 0.628. The summed E-state index contributed by atoms with van der Waals surface area (Å²) in [5.74, 6) is -0.582. The topological polar surface area (TPSA) is 78.0 Å². The summed E-state index contributed by atoms with van der Waals surface area (Å²) >= 11 is 5.79. The van der Waals surface area contributed by atoms with Gasteiger partial charge in [-0.3, -0.25) is 23.3 Å². The monoisotopic (exact) mass is 378 g/mol. The molecule has 3 rings (SSSR count). The molecule has 0 bridgehead atoms. The quantitative estimate of drug-likeness (QED) is 0.755. The third-order valence-electron chi connectivity index (χ3n) is 4.22. The Morgan fingerprint density at radius 2 is 1.81 bits per heavy atom. The molecule has 0 spiro atoms. The summed E-state index contributed by atoms with van der Waals surface area (Å²) in [6.45, 7) is 2.03. The van der Waals surface area contributed by atoms with Crippen LogP contribution < -0.4 is 22.1 Å². The van der Waals surface area contributed by atoms with E-state index in [0.717, 1.165) is 4.57 Å². The van der Waals surface area contributed by atoms with Gasteiger partial charge < -0.3 is 5.32 Å². The van der Waals surface area contributed by atoms with Crippen molar-refractivity contribution < 1.29 is 4.39 Å². The zero-order valence-electron chi connectivity index (χ0n) is 14.3. The predicted octanol–water partition coefficient (Wildman–Crippen LogP) is 1.95. The highest BCUT2D eigenvalue weighted by Crippen LogP contribution is 2.25. The van der Waals surface area contributed by atoms with Crippen LogP contribution in [0.15, 0.2) is 38.6 Å². The molecule has 3 aromatic rings. The van der Waals surface area contributed by atoms with Crippen LogP contribution in [0.1, 0.15) is 6.92 Å². The number of aryl methyl sites for hydroxylation is 2. The van der Waals surface area contributed by atoms with Gasteiger partial charge in [0.05, 0.1) is 10.7 Å². The number of pyridine rings is 1. The lowest BCUT2D eigenvalue weighted by Gasteiger charge is -2.16. The minimum absolute atomic E-state index is 0.0958. The third-order valence-corrected chi connectivity index (χ3v) is 4.51. The van der Waals surface area contributed by atoms with Gasteiger partial charge in [0.25, 0.3) is 11.1 Å². The van der Waals surface area contributed by atoms with Crippen LogP contribution in [-0.2, 0) is 20.6 Å². The minimum atomic E-state index is -0.582. The maximum atomic E-state index is 13.4. The van der Waals surface area contributed by atoms with Crippen LogP contribution in [0.5, 0.6) is 0 Å². The van der Waals surface area contributed by atoms with E-state index in [0.29, 0.717) is 5.69 Å². The fraction of sp³-hybridized carbons (Fsp3) is 0.235. The van der Waals surface area contributed by atoms with Crippen LogP contribution in [-0.4, -0.2) is 13.7 Å². The van der Waals surface area contributed by atoms with Crippen LogP contribution in [0.3, 0.4) is 0 Å². The Hall–Kier alpha value is -2.87. The maximum Gasteiger partial charge on any atom is 0.332 e. The second-order valence-electron chi connectivity index (χ2n) is 5.80. The van der Waals surface area contributed by atoms with Gasteiger partial charge in [0.15, 0.2) is 0 Å². The highest BCUT2D eigenvalue weighted by atomic mass is 35.5. The Morgan fingerprint density at radius 3 is 2.42 bits per heavy atom. The van der Waals surface area contributed by atoms with Crippen LogP contribution in [0.2, 0.25) is 5.02 Å². The SMILES string of the molecule is CCn1c(=O)n(C)c(=O)c2c(Nc3ccc(F)c(Cl)c3)cc(=O)n(C)c21. The molecule has 0 radical (unpaired) electrons. The molecular weight excluding hydrogens is 363 g/mol. The first-order valence-electron chi connectivity index (χ1n) is 7.82. The summed E-state index contributed by atoms with van der Waals surface area (Å²) in [4.78, 5) is 37.5. The van der Waals surface area contributed by atoms with E-state index in [1.807, 2.05) is 0 Å². The van der Waals surface area contributed by atoms with Crippen LogP contribution >= 0.6 is 11.6 Å². The van der Waals surface area contributed by atoms with E-state index < -0.39 is 22.6 Å². The van der Waals surface area contributed by atoms with Gasteiger partial charge in [-0.15, -0.1) is 0 Å². The van der Waals surface area contributed by atoms with Crippen molar-refractivity contribution in [3.63, 3.8) is 0 Å². The average molecular weight is 379 g/mol. The third kappa shape index (κ3) is 2.72. The van der Waals surface area contributed by atoms with Crippen molar-refractivity contribution in [2.45, 2.75) is 13.5 Å². The number of nitrogens with one attached hydrogen (secondary N) is 1. The fourth-order valence-corrected chi connectivity index (χ4v) is 3.03. The summed E-state index contributed by atoms with van der Waals surface area (Å²) in [5.41, 5.74) is -0.620. The second kappa shape index (κ2) is 6.45. The van der Waals surface area contributed by atoms with Gasteiger partial charge in [-0.2, -0.15) is 0 Å². The number of hydrogen-bond donors (Lipinski definition) is 1. The van der Waals surface area contributed by atoms with E-state index in [1.54, 1.807) is 6.92 Å². The van der Waals surface area contributed by atoms with Gasteiger partial charge >= 0.3 is 5.69 Å². The van der Waals surface area contributed by atoms with Crippen LogP contribution in [0, 0.1) is 5.82 Å². The zero-order chi connectivity index (χ0) is 19.2. The molecule has 1 aromatic carbocycles. The number of benzene rings is 1. The van der Waals surface area contributed by atoms with Gasteiger partial charge in [-0.1, -0.05) is 11.6 Å². The number of halogens is 2. The molecule has 0 amide bonds. The van der Waals surface area contributed by atoms with E-state index in [1.165, 1.54) is 47.5 Å². The first-order chi connectivity index (χ1) is 12.3. The maximum absolute atomic E-state index is 13.4. The summed E-state index contributed by atoms with van der Waals surface area (Å²) in [6.07, 6.45) is 0. The molecule has 0 unspecified atom stereocenters. The Labute approximate surface area is 151 Å². The highest BCUT2D eigenvalue weighted by Gasteiger charge is 2.18. The molecule has 1 N–H and O–H groups in total. The van der Waals surface area contributed by atoms with Crippen molar-refractivity contribution in [1.82, 2.24) is 13.7 Å². The molecule has 0 atom stereocenters. The normalized spacial score (nSPS) is 11.1. The standard InChI is InChI=1S/C17H16ClFN4O3/c1-4-23-15-14(16(25)22(3)17(23)26)12(8-13(24)21(15)2)20-9-5-6-11(19)10(18)7-9/h5-8,20H,4H2,1-3H3. The summed E-state index contributed by atoms with van der Waals surface area (Å²) in [6, 6.07) is 5.21. The Balaban J connectivity index is 2.40. The van der Waals surface area contributed by atoms with Crippen molar-refractivity contribution >= 4 is 34.0 Å². The zero-order valence-corrected chi connectivity index (χ0v) is 15.1. The van der Waals surface area contributed by atoms with Gasteiger partial charge in [-0.05, 0) is 25.1 Å². The molecule has 26 heavy (non-hydrogen) atoms. The largest absolute Gasteiger partial charge is 0.355 e. The van der Waals surface area contributed by atoms with Crippen molar-refractivity contribution in [3.05, 3.63) is 66.3 Å². The molecule has 0 aliphatic heterocycles. The lowest BCUT2D eigenvalue weighted by atomic mass is 10.2. The van der Waals surface area contributed by atoms with Gasteiger partial charge in [0, 0.05) is 32.4 Å². The van der Waals surface area contributed by atoms with Gasteiger partial charge in [-0.25, -0.2) is 9.18 Å². The number of anilines is 2. The van der Waals surface area contributed by atoms with E-state index >= 15 is 0 Å². The molecule has 0 saturated carbocycles. The molecule has 2 heterocycles. The smallest absolute Gasteiger partial charge is 0.332 e. The molecular formula is C17H16ClFN4O3. The van der Waals surface area contributed by atoms with Gasteiger partial charge in [0.2, 0.25) is 0 Å². The number of nitrogens with zero attached hydrogens (tertiary/aromatic N) is 3. The second-order valence-corrected chi connectivity index (χ2v) is 6.21. The van der Waals surface area contributed by atoms with Crippen molar-refractivity contribution in [3.8, 4) is 0 Å². The summed E-state index contributed by atoms with van der Waals surface area (Å²) in [7, 11) is 2.87. The number of rotatable bonds is 3. The highest BCUT2D eigenvalue weighted by molar-refractivity contribution is 6.31. The van der Waals surface area contributed by atoms with Crippen molar-refractivity contribution in [1.29, 1.82) is 0 Å². The fourth-order valence-electron chi connectivity index (χ4n) is 2.85. The summed E-state index contributed by atoms with van der Waals surface area (Å²) in [5, 5.41) is 3.01. The summed E-state index contributed by atoms with van der Waals surface area (Å²) < 4.78 is 17.0. The molecule has 0 fully saturated rings. The average Bonchev–Trinajstić information content (AvgIpc) is 2.60. The Kier molecular flexibility index (Phi) is 4.45. The molecule has 0 aliphatic carbocycles. The van der Waals surface area contributed by atoms with Crippen LogP contribution in [0.25, 0.3) is 11.0 Å². The van der Waals surface area contributed by atoms with E-state index in [4.69, 9.17) is 11.6 Å². The van der Waals surface area contributed by atoms with E-state index in [-0.39, 0.29) is 28.3 Å². The molecule has 2 aromatic heterocycles. The number of fused-ring (bicyclic) bond motifs is 1.